The zero-order valence-corrected chi connectivity index (χ0v) is 7.57. The highest BCUT2D eigenvalue weighted by Gasteiger charge is 1.99. The molecule has 1 aromatic heterocycles. The van der Waals surface area contributed by atoms with Crippen LogP contribution in [0.2, 0.25) is 0 Å². The van der Waals surface area contributed by atoms with Crippen LogP contribution in [0.4, 0.5) is 10.2 Å². The zero-order chi connectivity index (χ0) is 8.97. The highest BCUT2D eigenvalue weighted by atomic mass is 32.2. The van der Waals surface area contributed by atoms with Crippen LogP contribution in [0.1, 0.15) is 5.69 Å². The maximum absolute atomic E-state index is 11.8. The predicted octanol–water partition coefficient (Wildman–Crippen LogP) is 1.43. The van der Waals surface area contributed by atoms with Crippen molar-refractivity contribution in [2.24, 2.45) is 0 Å². The predicted molar refractivity (Wildman–Crippen MR) is 47.9 cm³/mol. The van der Waals surface area contributed by atoms with Crippen molar-refractivity contribution >= 4 is 17.6 Å². The molecule has 0 aromatic carbocycles. The second-order valence-electron chi connectivity index (χ2n) is 2.25. The number of hydrogen-bond donors (Lipinski definition) is 1. The van der Waals surface area contributed by atoms with Crippen molar-refractivity contribution in [3.63, 3.8) is 0 Å². The normalized spacial score (nSPS) is 10.2. The van der Waals surface area contributed by atoms with Gasteiger partial charge in [0.05, 0.1) is 6.67 Å². The van der Waals surface area contributed by atoms with Crippen molar-refractivity contribution in [1.82, 2.24) is 9.97 Å². The van der Waals surface area contributed by atoms with E-state index in [4.69, 9.17) is 5.73 Å². The van der Waals surface area contributed by atoms with Crippen molar-refractivity contribution in [1.29, 1.82) is 0 Å². The van der Waals surface area contributed by atoms with E-state index in [1.54, 1.807) is 6.07 Å². The molecule has 0 aliphatic carbocycles. The Morgan fingerprint density at radius 1 is 1.58 bits per heavy atom. The number of rotatable bonds is 3. The Kier molecular flexibility index (Phi) is 3.28. The molecule has 5 heteroatoms. The minimum absolute atomic E-state index is 0.373. The van der Waals surface area contributed by atoms with Gasteiger partial charge in [-0.05, 0) is 6.92 Å². The summed E-state index contributed by atoms with van der Waals surface area (Å²) in [7, 11) is 0. The van der Waals surface area contributed by atoms with Crippen molar-refractivity contribution in [2.75, 3.05) is 18.2 Å². The lowest BCUT2D eigenvalue weighted by Gasteiger charge is -1.99. The Morgan fingerprint density at radius 3 is 2.92 bits per heavy atom. The van der Waals surface area contributed by atoms with E-state index < -0.39 is 0 Å². The summed E-state index contributed by atoms with van der Waals surface area (Å²) >= 11 is 1.27. The molecule has 0 radical (unpaired) electrons. The van der Waals surface area contributed by atoms with Crippen LogP contribution < -0.4 is 5.73 Å². The average Bonchev–Trinajstić information content (AvgIpc) is 1.99. The number of aromatic nitrogens is 2. The van der Waals surface area contributed by atoms with Crippen LogP contribution >= 0.6 is 11.8 Å². The minimum Gasteiger partial charge on any atom is -0.384 e. The maximum Gasteiger partial charge on any atom is 0.189 e. The molecule has 2 N–H and O–H groups in total. The number of alkyl halides is 1. The molecule has 1 heterocycles. The maximum atomic E-state index is 11.8. The molecule has 0 saturated carbocycles. The van der Waals surface area contributed by atoms with Crippen molar-refractivity contribution in [2.45, 2.75) is 12.1 Å². The molecule has 3 nitrogen and oxygen atoms in total. The van der Waals surface area contributed by atoms with E-state index in [-0.39, 0.29) is 6.67 Å². The van der Waals surface area contributed by atoms with Crippen LogP contribution in [0.25, 0.3) is 0 Å². The minimum atomic E-state index is -0.373. The number of aryl methyl sites for hydroxylation is 1. The van der Waals surface area contributed by atoms with Gasteiger partial charge in [0, 0.05) is 17.5 Å². The first-order valence-electron chi connectivity index (χ1n) is 3.52. The van der Waals surface area contributed by atoms with Crippen molar-refractivity contribution in [3.05, 3.63) is 11.8 Å². The quantitative estimate of drug-likeness (QED) is 0.574. The van der Waals surface area contributed by atoms with Crippen LogP contribution in [-0.2, 0) is 0 Å². The smallest absolute Gasteiger partial charge is 0.189 e. The number of halogens is 1. The summed E-state index contributed by atoms with van der Waals surface area (Å²) in [6, 6.07) is 1.68. The molecule has 0 atom stereocenters. The number of thioether (sulfide) groups is 1. The van der Waals surface area contributed by atoms with Crippen LogP contribution in [-0.4, -0.2) is 22.4 Å². The molecular weight excluding hydrogens is 177 g/mol. The number of anilines is 1. The van der Waals surface area contributed by atoms with Gasteiger partial charge in [0.15, 0.2) is 5.16 Å². The highest BCUT2D eigenvalue weighted by molar-refractivity contribution is 7.99. The second-order valence-corrected chi connectivity index (χ2v) is 3.32. The largest absolute Gasteiger partial charge is 0.384 e. The molecule has 66 valence electrons. The molecule has 0 amide bonds. The Balaban J connectivity index is 2.72. The molecule has 1 aromatic rings. The fourth-order valence-corrected chi connectivity index (χ4v) is 1.40. The van der Waals surface area contributed by atoms with Gasteiger partial charge in [-0.15, -0.1) is 0 Å². The number of hydrogen-bond acceptors (Lipinski definition) is 4. The average molecular weight is 187 g/mol. The van der Waals surface area contributed by atoms with Gasteiger partial charge in [-0.3, -0.25) is 4.39 Å². The third-order valence-corrected chi connectivity index (χ3v) is 1.96. The van der Waals surface area contributed by atoms with E-state index in [9.17, 15) is 4.39 Å². The Labute approximate surface area is 74.6 Å². The first kappa shape index (κ1) is 9.25. The molecule has 0 aliphatic heterocycles. The summed E-state index contributed by atoms with van der Waals surface area (Å²) in [4.78, 5) is 8.01. The van der Waals surface area contributed by atoms with Crippen LogP contribution in [0.3, 0.4) is 0 Å². The Hall–Kier alpha value is -0.840. The van der Waals surface area contributed by atoms with Crippen LogP contribution in [0.15, 0.2) is 11.2 Å². The monoisotopic (exact) mass is 187 g/mol. The van der Waals surface area contributed by atoms with Gasteiger partial charge in [-0.25, -0.2) is 9.97 Å². The molecule has 1 rings (SSSR count). The summed E-state index contributed by atoms with van der Waals surface area (Å²) in [6.07, 6.45) is 0. The zero-order valence-electron chi connectivity index (χ0n) is 6.75. The lowest BCUT2D eigenvalue weighted by atomic mass is 10.4. The van der Waals surface area contributed by atoms with Gasteiger partial charge in [0.25, 0.3) is 0 Å². The summed E-state index contributed by atoms with van der Waals surface area (Å²) in [5, 5.41) is 0.546. The van der Waals surface area contributed by atoms with Crippen molar-refractivity contribution < 1.29 is 4.39 Å². The third kappa shape index (κ3) is 2.65. The lowest BCUT2D eigenvalue weighted by molar-refractivity contribution is 0.532. The third-order valence-electron chi connectivity index (χ3n) is 1.16. The van der Waals surface area contributed by atoms with E-state index in [0.29, 0.717) is 16.7 Å². The second kappa shape index (κ2) is 4.25. The number of nitrogens with two attached hydrogens (primary N) is 1. The summed E-state index contributed by atoms with van der Waals surface area (Å²) < 4.78 is 11.8. The molecule has 0 saturated heterocycles. The first-order valence-corrected chi connectivity index (χ1v) is 4.51. The Morgan fingerprint density at radius 2 is 2.33 bits per heavy atom. The van der Waals surface area contributed by atoms with Gasteiger partial charge in [-0.2, -0.15) is 0 Å². The van der Waals surface area contributed by atoms with Crippen LogP contribution in [0, 0.1) is 6.92 Å². The molecule has 0 unspecified atom stereocenters. The van der Waals surface area contributed by atoms with Gasteiger partial charge in [0.1, 0.15) is 5.82 Å². The first-order chi connectivity index (χ1) is 5.72. The fourth-order valence-electron chi connectivity index (χ4n) is 0.759. The fraction of sp³-hybridized carbons (Fsp3) is 0.429. The van der Waals surface area contributed by atoms with E-state index in [2.05, 4.69) is 9.97 Å². The summed E-state index contributed by atoms with van der Waals surface area (Å²) in [5.74, 6) is 0.812. The van der Waals surface area contributed by atoms with Gasteiger partial charge >= 0.3 is 0 Å². The summed E-state index contributed by atoms with van der Waals surface area (Å²) in [6.45, 7) is 1.46. The SMILES string of the molecule is Cc1cc(N)nc(SCCF)n1. The molecule has 0 bridgehead atoms. The van der Waals surface area contributed by atoms with Crippen molar-refractivity contribution in [3.8, 4) is 0 Å². The van der Waals surface area contributed by atoms with E-state index in [0.717, 1.165) is 5.69 Å². The number of nitrogens with zero attached hydrogens (tertiary/aromatic N) is 2. The molecule has 0 fully saturated rings. The van der Waals surface area contributed by atoms with E-state index >= 15 is 0 Å². The molecule has 0 spiro atoms. The van der Waals surface area contributed by atoms with Gasteiger partial charge in [0.2, 0.25) is 0 Å². The Bertz CT molecular complexity index is 247. The molecule has 12 heavy (non-hydrogen) atoms. The highest BCUT2D eigenvalue weighted by Crippen LogP contribution is 2.14. The van der Waals surface area contributed by atoms with E-state index in [1.165, 1.54) is 11.8 Å². The topological polar surface area (TPSA) is 51.8 Å². The number of nitrogen functional groups attached to an aromatic ring is 1. The molecular formula is C7H10FN3S. The standard InChI is InChI=1S/C7H10FN3S/c1-5-4-6(9)11-7(10-5)12-3-2-8/h4H,2-3H2,1H3,(H2,9,10,11). The van der Waals surface area contributed by atoms with Gasteiger partial charge in [-0.1, -0.05) is 11.8 Å². The van der Waals surface area contributed by atoms with E-state index in [1.807, 2.05) is 6.92 Å². The van der Waals surface area contributed by atoms with Crippen LogP contribution in [0.5, 0.6) is 0 Å². The van der Waals surface area contributed by atoms with Gasteiger partial charge < -0.3 is 5.73 Å². The lowest BCUT2D eigenvalue weighted by Crippen LogP contribution is -1.97. The molecule has 0 aliphatic rings. The summed E-state index contributed by atoms with van der Waals surface area (Å²) in [5.41, 5.74) is 6.28.